The van der Waals surface area contributed by atoms with E-state index < -0.39 is 0 Å². The molecule has 0 aliphatic carbocycles. The fourth-order valence-corrected chi connectivity index (χ4v) is 4.65. The Balaban J connectivity index is 1.74. The highest BCUT2D eigenvalue weighted by Crippen LogP contribution is 2.20. The second kappa shape index (κ2) is 11.8. The number of nitrogens with zero attached hydrogens (tertiary/aromatic N) is 2. The molecule has 0 aliphatic rings. The fraction of sp³-hybridized carbons (Fsp3) is 0.280. The van der Waals surface area contributed by atoms with Crippen molar-refractivity contribution in [2.24, 2.45) is 0 Å². The molecule has 3 aromatic rings. The summed E-state index contributed by atoms with van der Waals surface area (Å²) in [5, 5.41) is 4.95. The van der Waals surface area contributed by atoms with E-state index in [2.05, 4.69) is 34.2 Å². The van der Waals surface area contributed by atoms with Crippen LogP contribution in [0, 0.1) is 6.92 Å². The lowest BCUT2D eigenvalue weighted by Gasteiger charge is -2.28. The summed E-state index contributed by atoms with van der Waals surface area (Å²) >= 11 is 5.07. The molecule has 0 unspecified atom stereocenters. The first-order valence-electron chi connectivity index (χ1n) is 10.6. The zero-order valence-electron chi connectivity index (χ0n) is 18.4. The predicted molar refractivity (Wildman–Crippen MR) is 135 cm³/mol. The van der Waals surface area contributed by atoms with Gasteiger partial charge in [0, 0.05) is 28.1 Å². The van der Waals surface area contributed by atoms with Crippen LogP contribution in [0.3, 0.4) is 0 Å². The third-order valence-corrected chi connectivity index (χ3v) is 6.56. The molecule has 0 aliphatic heterocycles. The van der Waals surface area contributed by atoms with Crippen LogP contribution in [-0.2, 0) is 17.9 Å². The third-order valence-electron chi connectivity index (χ3n) is 5.05. The molecule has 1 N–H and O–H groups in total. The standard InChI is InChI=1S/C25H28BrN3O2S/c1-3-13-28(25(31)27-22-11-7-10-21(26)15-22)18-24(30)29(16-20-8-5-4-6-9-20)17-23-19(2)12-14-32-23/h4-12,14-15H,3,13,16-18H2,1-2H3,(H,27,31). The lowest BCUT2D eigenvalue weighted by molar-refractivity contribution is -0.133. The number of aryl methyl sites for hydroxylation is 1. The van der Waals surface area contributed by atoms with Crippen molar-refractivity contribution in [3.8, 4) is 0 Å². The molecule has 0 atom stereocenters. The minimum atomic E-state index is -0.273. The van der Waals surface area contributed by atoms with Gasteiger partial charge in [0.15, 0.2) is 0 Å². The molecule has 0 saturated carbocycles. The smallest absolute Gasteiger partial charge is 0.322 e. The van der Waals surface area contributed by atoms with Gasteiger partial charge in [0.1, 0.15) is 6.54 Å². The highest BCUT2D eigenvalue weighted by Gasteiger charge is 2.22. The Labute approximate surface area is 202 Å². The number of hydrogen-bond donors (Lipinski definition) is 1. The molecule has 1 heterocycles. The first kappa shape index (κ1) is 24.0. The summed E-state index contributed by atoms with van der Waals surface area (Å²) < 4.78 is 0.883. The summed E-state index contributed by atoms with van der Waals surface area (Å²) in [6.07, 6.45) is 0.766. The minimum absolute atomic E-state index is 0.0327. The molecule has 5 nitrogen and oxygen atoms in total. The SMILES string of the molecule is CCCN(CC(=O)N(Cc1ccccc1)Cc1sccc1C)C(=O)Nc1cccc(Br)c1. The first-order chi connectivity index (χ1) is 15.5. The van der Waals surface area contributed by atoms with Gasteiger partial charge in [-0.1, -0.05) is 59.3 Å². The van der Waals surface area contributed by atoms with Crippen LogP contribution < -0.4 is 5.32 Å². The summed E-state index contributed by atoms with van der Waals surface area (Å²) in [4.78, 5) is 30.9. The van der Waals surface area contributed by atoms with E-state index in [1.54, 1.807) is 16.2 Å². The van der Waals surface area contributed by atoms with Gasteiger partial charge in [-0.25, -0.2) is 4.79 Å². The van der Waals surface area contributed by atoms with Crippen molar-refractivity contribution in [1.82, 2.24) is 9.80 Å². The predicted octanol–water partition coefficient (Wildman–Crippen LogP) is 6.29. The monoisotopic (exact) mass is 513 g/mol. The number of carbonyl (C=O) groups excluding carboxylic acids is 2. The number of anilines is 1. The van der Waals surface area contributed by atoms with E-state index in [-0.39, 0.29) is 18.5 Å². The molecule has 0 radical (unpaired) electrons. The maximum absolute atomic E-state index is 13.4. The van der Waals surface area contributed by atoms with Crippen molar-refractivity contribution in [2.75, 3.05) is 18.4 Å². The summed E-state index contributed by atoms with van der Waals surface area (Å²) in [5.41, 5.74) is 2.93. The average Bonchev–Trinajstić information content (AvgIpc) is 3.18. The molecule has 3 rings (SSSR count). The molecule has 7 heteroatoms. The highest BCUT2D eigenvalue weighted by atomic mass is 79.9. The molecule has 0 fully saturated rings. The highest BCUT2D eigenvalue weighted by molar-refractivity contribution is 9.10. The molecular formula is C25H28BrN3O2S. The van der Waals surface area contributed by atoms with Crippen LogP contribution in [0.15, 0.2) is 70.5 Å². The summed E-state index contributed by atoms with van der Waals surface area (Å²) in [6, 6.07) is 19.2. The lowest BCUT2D eigenvalue weighted by atomic mass is 10.2. The van der Waals surface area contributed by atoms with Crippen LogP contribution in [0.5, 0.6) is 0 Å². The number of amides is 3. The van der Waals surface area contributed by atoms with E-state index in [0.29, 0.717) is 25.3 Å². The number of urea groups is 1. The molecule has 0 spiro atoms. The number of benzene rings is 2. The Morgan fingerprint density at radius 3 is 2.44 bits per heavy atom. The molecule has 2 aromatic carbocycles. The Hall–Kier alpha value is -2.64. The van der Waals surface area contributed by atoms with Crippen LogP contribution in [0.1, 0.15) is 29.3 Å². The van der Waals surface area contributed by atoms with E-state index in [9.17, 15) is 9.59 Å². The van der Waals surface area contributed by atoms with Crippen LogP contribution in [0.25, 0.3) is 0 Å². The van der Waals surface area contributed by atoms with E-state index >= 15 is 0 Å². The van der Waals surface area contributed by atoms with Crippen molar-refractivity contribution in [3.63, 3.8) is 0 Å². The van der Waals surface area contributed by atoms with Crippen LogP contribution >= 0.6 is 27.3 Å². The number of halogens is 1. The van der Waals surface area contributed by atoms with Gasteiger partial charge < -0.3 is 15.1 Å². The van der Waals surface area contributed by atoms with Crippen LogP contribution in [0.4, 0.5) is 10.5 Å². The topological polar surface area (TPSA) is 52.7 Å². The van der Waals surface area contributed by atoms with Crippen molar-refractivity contribution in [2.45, 2.75) is 33.4 Å². The quantitative estimate of drug-likeness (QED) is 0.365. The Bertz CT molecular complexity index is 1040. The van der Waals surface area contributed by atoms with Gasteiger partial charge in [-0.15, -0.1) is 11.3 Å². The second-order valence-electron chi connectivity index (χ2n) is 7.62. The van der Waals surface area contributed by atoms with Gasteiger partial charge in [-0.05, 0) is 54.1 Å². The van der Waals surface area contributed by atoms with Gasteiger partial charge in [0.2, 0.25) is 5.91 Å². The second-order valence-corrected chi connectivity index (χ2v) is 9.54. The van der Waals surface area contributed by atoms with Crippen LogP contribution in [0.2, 0.25) is 0 Å². The third kappa shape index (κ3) is 6.93. The fourth-order valence-electron chi connectivity index (χ4n) is 3.33. The zero-order chi connectivity index (χ0) is 22.9. The van der Waals surface area contributed by atoms with E-state index in [1.165, 1.54) is 5.56 Å². The number of rotatable bonds is 9. The molecule has 1 aromatic heterocycles. The molecule has 0 saturated heterocycles. The Kier molecular flexibility index (Phi) is 8.88. The summed E-state index contributed by atoms with van der Waals surface area (Å²) in [6.45, 7) is 5.63. The molecule has 0 bridgehead atoms. The normalized spacial score (nSPS) is 10.6. The number of thiophene rings is 1. The van der Waals surface area contributed by atoms with Crippen molar-refractivity contribution in [3.05, 3.63) is 86.5 Å². The first-order valence-corrected chi connectivity index (χ1v) is 12.3. The van der Waals surface area contributed by atoms with E-state index in [4.69, 9.17) is 0 Å². The Morgan fingerprint density at radius 1 is 1.00 bits per heavy atom. The number of hydrogen-bond acceptors (Lipinski definition) is 3. The van der Waals surface area contributed by atoms with Gasteiger partial charge in [-0.3, -0.25) is 4.79 Å². The van der Waals surface area contributed by atoms with Gasteiger partial charge in [-0.2, -0.15) is 0 Å². The largest absolute Gasteiger partial charge is 0.332 e. The zero-order valence-corrected chi connectivity index (χ0v) is 20.8. The van der Waals surface area contributed by atoms with Gasteiger partial charge >= 0.3 is 6.03 Å². The van der Waals surface area contributed by atoms with Gasteiger partial charge in [0.05, 0.1) is 6.54 Å². The summed E-state index contributed by atoms with van der Waals surface area (Å²) in [5.74, 6) is -0.0699. The van der Waals surface area contributed by atoms with E-state index in [0.717, 1.165) is 21.3 Å². The van der Waals surface area contributed by atoms with Gasteiger partial charge in [0.25, 0.3) is 0 Å². The lowest BCUT2D eigenvalue weighted by Crippen LogP contribution is -2.44. The number of nitrogens with one attached hydrogen (secondary N) is 1. The molecule has 168 valence electrons. The van der Waals surface area contributed by atoms with Crippen LogP contribution in [-0.4, -0.2) is 34.8 Å². The molecule has 3 amide bonds. The average molecular weight is 514 g/mol. The maximum Gasteiger partial charge on any atom is 0.322 e. The Morgan fingerprint density at radius 2 is 1.78 bits per heavy atom. The summed E-state index contributed by atoms with van der Waals surface area (Å²) in [7, 11) is 0. The molecular weight excluding hydrogens is 486 g/mol. The van der Waals surface area contributed by atoms with Crippen molar-refractivity contribution >= 4 is 44.9 Å². The van der Waals surface area contributed by atoms with Crippen molar-refractivity contribution in [1.29, 1.82) is 0 Å². The van der Waals surface area contributed by atoms with E-state index in [1.807, 2.05) is 71.8 Å². The number of carbonyl (C=O) groups is 2. The maximum atomic E-state index is 13.4. The molecule has 32 heavy (non-hydrogen) atoms. The van der Waals surface area contributed by atoms with Crippen molar-refractivity contribution < 1.29 is 9.59 Å². The minimum Gasteiger partial charge on any atom is -0.332 e.